The first-order valence-corrected chi connectivity index (χ1v) is 8.80. The average Bonchev–Trinajstić information content (AvgIpc) is 3.05. The Bertz CT molecular complexity index is 572. The molecule has 0 amide bonds. The maximum absolute atomic E-state index is 4.43. The van der Waals surface area contributed by atoms with Crippen LogP contribution in [0.4, 0.5) is 0 Å². The molecule has 1 fully saturated rings. The molecule has 1 aromatic heterocycles. The van der Waals surface area contributed by atoms with Gasteiger partial charge in [0.2, 0.25) is 0 Å². The Hall–Kier alpha value is -1.65. The summed E-state index contributed by atoms with van der Waals surface area (Å²) in [6.45, 7) is 4.77. The Morgan fingerprint density at radius 1 is 1.17 bits per heavy atom. The summed E-state index contributed by atoms with van der Waals surface area (Å²) in [5.74, 6) is 0.873. The van der Waals surface area contributed by atoms with E-state index in [-0.39, 0.29) is 0 Å². The van der Waals surface area contributed by atoms with Gasteiger partial charge in [-0.05, 0) is 64.3 Å². The largest absolute Gasteiger partial charge is 0.317 e. The minimum absolute atomic E-state index is 0.873. The molecule has 124 valence electrons. The van der Waals surface area contributed by atoms with Crippen molar-refractivity contribution in [3.05, 3.63) is 42.1 Å². The molecule has 1 saturated heterocycles. The summed E-state index contributed by atoms with van der Waals surface area (Å²) in [7, 11) is 2.25. The van der Waals surface area contributed by atoms with E-state index >= 15 is 0 Å². The summed E-state index contributed by atoms with van der Waals surface area (Å²) < 4.78 is 0. The maximum atomic E-state index is 4.43. The molecule has 4 nitrogen and oxygen atoms in total. The molecular weight excluding hydrogens is 284 g/mol. The maximum Gasteiger partial charge on any atom is 0.0923 e. The van der Waals surface area contributed by atoms with Crippen LogP contribution in [0.3, 0.4) is 0 Å². The van der Waals surface area contributed by atoms with Gasteiger partial charge in [0.1, 0.15) is 0 Å². The molecule has 4 heteroatoms. The van der Waals surface area contributed by atoms with Crippen LogP contribution in [0, 0.1) is 5.92 Å². The normalized spacial score (nSPS) is 16.1. The second kappa shape index (κ2) is 8.27. The van der Waals surface area contributed by atoms with Gasteiger partial charge in [-0.3, -0.25) is 5.10 Å². The molecule has 23 heavy (non-hydrogen) atoms. The van der Waals surface area contributed by atoms with Gasteiger partial charge in [-0.1, -0.05) is 30.3 Å². The second-order valence-electron chi connectivity index (χ2n) is 6.70. The first-order valence-electron chi connectivity index (χ1n) is 8.80. The number of nitrogens with one attached hydrogen (secondary N) is 2. The summed E-state index contributed by atoms with van der Waals surface area (Å²) in [6.07, 6.45) is 4.89. The van der Waals surface area contributed by atoms with E-state index in [1.165, 1.54) is 50.2 Å². The van der Waals surface area contributed by atoms with Crippen molar-refractivity contribution in [3.8, 4) is 11.3 Å². The number of nitrogens with zero attached hydrogens (tertiary/aromatic N) is 2. The molecular formula is C19H28N4. The van der Waals surface area contributed by atoms with E-state index in [2.05, 4.69) is 57.8 Å². The third-order valence-corrected chi connectivity index (χ3v) is 4.72. The van der Waals surface area contributed by atoms with E-state index in [0.717, 1.165) is 24.6 Å². The molecule has 2 N–H and O–H groups in total. The number of hydrogen-bond acceptors (Lipinski definition) is 3. The first kappa shape index (κ1) is 16.2. The predicted molar refractivity (Wildman–Crippen MR) is 95.4 cm³/mol. The van der Waals surface area contributed by atoms with Gasteiger partial charge in [0.15, 0.2) is 0 Å². The third-order valence-electron chi connectivity index (χ3n) is 4.72. The predicted octanol–water partition coefficient (Wildman–Crippen LogP) is 2.94. The zero-order chi connectivity index (χ0) is 15.9. The fourth-order valence-corrected chi connectivity index (χ4v) is 3.38. The SMILES string of the molecule is CN(CCCc1cc(-c2ccccc2)n[nH]1)CC1CCNCC1. The number of piperidine rings is 1. The van der Waals surface area contributed by atoms with Gasteiger partial charge in [-0.15, -0.1) is 0 Å². The van der Waals surface area contributed by atoms with Crippen LogP contribution in [-0.4, -0.2) is 48.3 Å². The standard InChI is InChI=1S/C19H28N4/c1-23(15-16-9-11-20-12-10-16)13-5-8-18-14-19(22-21-18)17-6-3-2-4-7-17/h2-4,6-7,14,16,20H,5,8-13,15H2,1H3,(H,21,22). The monoisotopic (exact) mass is 312 g/mol. The highest BCUT2D eigenvalue weighted by Crippen LogP contribution is 2.18. The Labute approximate surface area is 139 Å². The van der Waals surface area contributed by atoms with Crippen molar-refractivity contribution in [2.24, 2.45) is 5.92 Å². The van der Waals surface area contributed by atoms with Crippen LogP contribution in [0.2, 0.25) is 0 Å². The zero-order valence-corrected chi connectivity index (χ0v) is 14.1. The van der Waals surface area contributed by atoms with E-state index in [4.69, 9.17) is 0 Å². The smallest absolute Gasteiger partial charge is 0.0923 e. The van der Waals surface area contributed by atoms with Crippen LogP contribution in [-0.2, 0) is 6.42 Å². The molecule has 0 bridgehead atoms. The Balaban J connectivity index is 1.41. The molecule has 3 rings (SSSR count). The van der Waals surface area contributed by atoms with Crippen LogP contribution >= 0.6 is 0 Å². The Morgan fingerprint density at radius 2 is 1.96 bits per heavy atom. The Morgan fingerprint density at radius 3 is 2.74 bits per heavy atom. The quantitative estimate of drug-likeness (QED) is 0.826. The van der Waals surface area contributed by atoms with E-state index in [1.54, 1.807) is 0 Å². The molecule has 1 aliphatic heterocycles. The summed E-state index contributed by atoms with van der Waals surface area (Å²) in [5.41, 5.74) is 3.46. The van der Waals surface area contributed by atoms with Crippen molar-refractivity contribution in [3.63, 3.8) is 0 Å². The highest BCUT2D eigenvalue weighted by molar-refractivity contribution is 5.58. The molecule has 0 atom stereocenters. The summed E-state index contributed by atoms with van der Waals surface area (Å²) in [6, 6.07) is 12.5. The number of aromatic nitrogens is 2. The van der Waals surface area contributed by atoms with Gasteiger partial charge in [-0.25, -0.2) is 0 Å². The van der Waals surface area contributed by atoms with Gasteiger partial charge in [-0.2, -0.15) is 5.10 Å². The average molecular weight is 312 g/mol. The molecule has 2 aromatic rings. The summed E-state index contributed by atoms with van der Waals surface area (Å²) >= 11 is 0. The first-order chi connectivity index (χ1) is 11.3. The van der Waals surface area contributed by atoms with Gasteiger partial charge >= 0.3 is 0 Å². The Kier molecular flexibility index (Phi) is 5.83. The molecule has 0 spiro atoms. The molecule has 1 aromatic carbocycles. The van der Waals surface area contributed by atoms with E-state index in [0.29, 0.717) is 0 Å². The highest BCUT2D eigenvalue weighted by Gasteiger charge is 2.14. The lowest BCUT2D eigenvalue weighted by atomic mass is 9.97. The second-order valence-corrected chi connectivity index (χ2v) is 6.70. The van der Waals surface area contributed by atoms with Crippen LogP contribution in [0.5, 0.6) is 0 Å². The number of aromatic amines is 1. The number of rotatable bonds is 7. The van der Waals surface area contributed by atoms with Crippen LogP contribution in [0.15, 0.2) is 36.4 Å². The van der Waals surface area contributed by atoms with Crippen molar-refractivity contribution in [2.45, 2.75) is 25.7 Å². The van der Waals surface area contributed by atoms with Crippen molar-refractivity contribution in [1.82, 2.24) is 20.4 Å². The molecule has 0 radical (unpaired) electrons. The van der Waals surface area contributed by atoms with Gasteiger partial charge < -0.3 is 10.2 Å². The van der Waals surface area contributed by atoms with Crippen LogP contribution in [0.1, 0.15) is 25.0 Å². The van der Waals surface area contributed by atoms with Crippen molar-refractivity contribution < 1.29 is 0 Å². The van der Waals surface area contributed by atoms with Crippen LogP contribution in [0.25, 0.3) is 11.3 Å². The number of aryl methyl sites for hydroxylation is 1. The molecule has 0 unspecified atom stereocenters. The summed E-state index contributed by atoms with van der Waals surface area (Å²) in [5, 5.41) is 11.1. The number of H-pyrrole nitrogens is 1. The molecule has 0 aliphatic carbocycles. The number of benzene rings is 1. The van der Waals surface area contributed by atoms with E-state index < -0.39 is 0 Å². The van der Waals surface area contributed by atoms with Crippen LogP contribution < -0.4 is 5.32 Å². The third kappa shape index (κ3) is 4.91. The topological polar surface area (TPSA) is 44.0 Å². The van der Waals surface area contributed by atoms with Crippen molar-refractivity contribution in [1.29, 1.82) is 0 Å². The minimum atomic E-state index is 0.873. The fraction of sp³-hybridized carbons (Fsp3) is 0.526. The fourth-order valence-electron chi connectivity index (χ4n) is 3.38. The number of hydrogen-bond donors (Lipinski definition) is 2. The van der Waals surface area contributed by atoms with E-state index in [1.807, 2.05) is 6.07 Å². The minimum Gasteiger partial charge on any atom is -0.317 e. The highest BCUT2D eigenvalue weighted by atomic mass is 15.1. The lowest BCUT2D eigenvalue weighted by molar-refractivity contribution is 0.238. The van der Waals surface area contributed by atoms with Gasteiger partial charge in [0.05, 0.1) is 5.69 Å². The lowest BCUT2D eigenvalue weighted by Crippen LogP contribution is -2.35. The molecule has 1 aliphatic rings. The van der Waals surface area contributed by atoms with Crippen molar-refractivity contribution >= 4 is 0 Å². The zero-order valence-electron chi connectivity index (χ0n) is 14.1. The molecule has 0 saturated carbocycles. The van der Waals surface area contributed by atoms with Gasteiger partial charge in [0.25, 0.3) is 0 Å². The van der Waals surface area contributed by atoms with Crippen molar-refractivity contribution in [2.75, 3.05) is 33.2 Å². The molecule has 2 heterocycles. The lowest BCUT2D eigenvalue weighted by Gasteiger charge is -2.27. The van der Waals surface area contributed by atoms with Gasteiger partial charge in [0, 0.05) is 17.8 Å². The van der Waals surface area contributed by atoms with E-state index in [9.17, 15) is 0 Å². The summed E-state index contributed by atoms with van der Waals surface area (Å²) in [4.78, 5) is 2.49.